The summed E-state index contributed by atoms with van der Waals surface area (Å²) in [6, 6.07) is 13.4. The Kier molecular flexibility index (Phi) is 7.90. The number of benzene rings is 1. The Morgan fingerprint density at radius 1 is 1.06 bits per heavy atom. The van der Waals surface area contributed by atoms with Crippen molar-refractivity contribution in [1.29, 1.82) is 0 Å². The Morgan fingerprint density at radius 2 is 1.92 bits per heavy atom. The number of anilines is 1. The van der Waals surface area contributed by atoms with E-state index >= 15 is 0 Å². The van der Waals surface area contributed by atoms with E-state index in [1.165, 1.54) is 37.8 Å². The molecule has 1 aliphatic rings. The molecule has 4 heterocycles. The topological polar surface area (TPSA) is 54.4 Å². The van der Waals surface area contributed by atoms with Crippen LogP contribution in [0.3, 0.4) is 0 Å². The van der Waals surface area contributed by atoms with Crippen LogP contribution in [0.2, 0.25) is 0 Å². The van der Waals surface area contributed by atoms with Crippen molar-refractivity contribution >= 4 is 27.2 Å². The van der Waals surface area contributed by atoms with E-state index in [1.807, 2.05) is 29.9 Å². The summed E-state index contributed by atoms with van der Waals surface area (Å²) >= 11 is 1.83. The molecule has 3 aromatic heterocycles. The lowest BCUT2D eigenvalue weighted by Gasteiger charge is -2.41. The number of ether oxygens (including phenoxy) is 1. The molecule has 6 nitrogen and oxygen atoms in total. The van der Waals surface area contributed by atoms with Gasteiger partial charge in [-0.2, -0.15) is 0 Å². The van der Waals surface area contributed by atoms with Crippen LogP contribution in [0.4, 0.5) is 5.69 Å². The third kappa shape index (κ3) is 5.59. The van der Waals surface area contributed by atoms with Crippen LogP contribution in [-0.4, -0.2) is 65.8 Å². The van der Waals surface area contributed by atoms with Crippen molar-refractivity contribution in [2.24, 2.45) is 0 Å². The molecule has 0 amide bonds. The Morgan fingerprint density at radius 3 is 2.72 bits per heavy atom. The first-order chi connectivity index (χ1) is 17.6. The van der Waals surface area contributed by atoms with E-state index in [0.717, 1.165) is 57.6 Å². The highest BCUT2D eigenvalue weighted by atomic mass is 32.1. The summed E-state index contributed by atoms with van der Waals surface area (Å²) in [5, 5.41) is 1.21. The number of pyridine rings is 2. The van der Waals surface area contributed by atoms with Gasteiger partial charge in [-0.1, -0.05) is 6.07 Å². The highest BCUT2D eigenvalue weighted by Gasteiger charge is 2.23. The number of hydrogen-bond donors (Lipinski definition) is 0. The SMILES string of the molecule is COCCN1CCN(c2ccnc(CCCc3nc4ccc(-c5ccncc5)c(C)c4s3)c2)CC1C. The molecular weight excluding hydrogens is 466 g/mol. The van der Waals surface area contributed by atoms with Crippen molar-refractivity contribution < 1.29 is 4.74 Å². The molecule has 0 N–H and O–H groups in total. The van der Waals surface area contributed by atoms with E-state index < -0.39 is 0 Å². The maximum absolute atomic E-state index is 5.27. The highest BCUT2D eigenvalue weighted by molar-refractivity contribution is 7.18. The molecule has 1 atom stereocenters. The molecule has 7 heteroatoms. The fraction of sp³-hybridized carbons (Fsp3) is 0.414. The van der Waals surface area contributed by atoms with E-state index in [-0.39, 0.29) is 0 Å². The molecule has 188 valence electrons. The van der Waals surface area contributed by atoms with Gasteiger partial charge in [0.25, 0.3) is 0 Å². The van der Waals surface area contributed by atoms with Gasteiger partial charge in [0.05, 0.1) is 21.8 Å². The summed E-state index contributed by atoms with van der Waals surface area (Å²) in [5.41, 5.74) is 7.32. The molecule has 1 saturated heterocycles. The monoisotopic (exact) mass is 501 g/mol. The Balaban J connectivity index is 1.20. The number of fused-ring (bicyclic) bond motifs is 1. The lowest BCUT2D eigenvalue weighted by Crippen LogP contribution is -2.52. The van der Waals surface area contributed by atoms with Crippen molar-refractivity contribution in [3.05, 3.63) is 71.3 Å². The van der Waals surface area contributed by atoms with Gasteiger partial charge in [0.2, 0.25) is 0 Å². The highest BCUT2D eigenvalue weighted by Crippen LogP contribution is 2.33. The zero-order valence-electron chi connectivity index (χ0n) is 21.5. The van der Waals surface area contributed by atoms with E-state index in [0.29, 0.717) is 6.04 Å². The van der Waals surface area contributed by atoms with Gasteiger partial charge in [-0.15, -0.1) is 11.3 Å². The van der Waals surface area contributed by atoms with Gasteiger partial charge in [-0.25, -0.2) is 4.98 Å². The number of piperazine rings is 1. The van der Waals surface area contributed by atoms with E-state index in [9.17, 15) is 0 Å². The van der Waals surface area contributed by atoms with Crippen LogP contribution in [-0.2, 0) is 17.6 Å². The molecule has 1 unspecified atom stereocenters. The number of aryl methyl sites for hydroxylation is 3. The quantitative estimate of drug-likeness (QED) is 0.306. The molecule has 0 spiro atoms. The molecule has 4 aromatic rings. The predicted molar refractivity (Wildman–Crippen MR) is 149 cm³/mol. The minimum Gasteiger partial charge on any atom is -0.383 e. The fourth-order valence-corrected chi connectivity index (χ4v) is 6.22. The molecule has 1 aliphatic heterocycles. The van der Waals surface area contributed by atoms with Crippen molar-refractivity contribution in [2.45, 2.75) is 39.2 Å². The van der Waals surface area contributed by atoms with E-state index in [4.69, 9.17) is 9.72 Å². The zero-order chi connectivity index (χ0) is 24.9. The molecular formula is C29H35N5OS. The van der Waals surface area contributed by atoms with Gasteiger partial charge in [0, 0.05) is 69.3 Å². The molecule has 0 radical (unpaired) electrons. The Labute approximate surface area is 218 Å². The molecule has 0 bridgehead atoms. The minimum atomic E-state index is 0.520. The van der Waals surface area contributed by atoms with Crippen LogP contribution in [0.5, 0.6) is 0 Å². The third-order valence-electron chi connectivity index (χ3n) is 7.18. The van der Waals surface area contributed by atoms with Gasteiger partial charge in [-0.3, -0.25) is 14.9 Å². The van der Waals surface area contributed by atoms with E-state index in [2.05, 4.69) is 70.0 Å². The zero-order valence-corrected chi connectivity index (χ0v) is 22.3. The largest absolute Gasteiger partial charge is 0.383 e. The summed E-state index contributed by atoms with van der Waals surface area (Å²) in [5.74, 6) is 0. The Bertz CT molecular complexity index is 1290. The molecule has 5 rings (SSSR count). The van der Waals surface area contributed by atoms with Crippen molar-refractivity contribution in [3.8, 4) is 11.1 Å². The first-order valence-electron chi connectivity index (χ1n) is 12.8. The lowest BCUT2D eigenvalue weighted by molar-refractivity contribution is 0.117. The molecule has 36 heavy (non-hydrogen) atoms. The molecule has 1 aromatic carbocycles. The maximum Gasteiger partial charge on any atom is 0.0938 e. The molecule has 0 saturated carbocycles. The van der Waals surface area contributed by atoms with Crippen molar-refractivity contribution in [1.82, 2.24) is 19.9 Å². The first kappa shape index (κ1) is 24.8. The van der Waals surface area contributed by atoms with Crippen LogP contribution in [0.15, 0.2) is 55.0 Å². The average Bonchev–Trinajstić information content (AvgIpc) is 3.33. The summed E-state index contributed by atoms with van der Waals surface area (Å²) in [6.45, 7) is 9.47. The predicted octanol–water partition coefficient (Wildman–Crippen LogP) is 5.39. The second-order valence-corrected chi connectivity index (χ2v) is 10.7. The lowest BCUT2D eigenvalue weighted by atomic mass is 10.0. The van der Waals surface area contributed by atoms with Gasteiger partial charge in [0.15, 0.2) is 0 Å². The van der Waals surface area contributed by atoms with Crippen LogP contribution in [0.1, 0.15) is 29.6 Å². The van der Waals surface area contributed by atoms with Gasteiger partial charge < -0.3 is 9.64 Å². The van der Waals surface area contributed by atoms with Gasteiger partial charge in [0.1, 0.15) is 0 Å². The second-order valence-electron chi connectivity index (χ2n) is 9.61. The number of nitrogens with zero attached hydrogens (tertiary/aromatic N) is 5. The second kappa shape index (κ2) is 11.5. The van der Waals surface area contributed by atoms with Gasteiger partial charge >= 0.3 is 0 Å². The van der Waals surface area contributed by atoms with E-state index in [1.54, 1.807) is 7.11 Å². The first-order valence-corrected chi connectivity index (χ1v) is 13.7. The standard InChI is InChI=1S/C29H35N5OS/c1-21-20-34(16-15-33(21)17-18-35-3)25-11-14-31-24(19-25)5-4-6-28-32-27-8-7-26(22(2)29(27)36-28)23-9-12-30-13-10-23/h7-14,19,21H,4-6,15-18,20H2,1-3H3. The van der Waals surface area contributed by atoms with Crippen molar-refractivity contribution in [2.75, 3.05) is 44.8 Å². The molecule has 1 fully saturated rings. The van der Waals surface area contributed by atoms with Crippen LogP contribution in [0, 0.1) is 6.92 Å². The minimum absolute atomic E-state index is 0.520. The van der Waals surface area contributed by atoms with Crippen LogP contribution < -0.4 is 4.90 Å². The maximum atomic E-state index is 5.27. The van der Waals surface area contributed by atoms with Gasteiger partial charge in [-0.05, 0) is 80.1 Å². The summed E-state index contributed by atoms with van der Waals surface area (Å²) in [6.07, 6.45) is 8.66. The summed E-state index contributed by atoms with van der Waals surface area (Å²) in [4.78, 5) is 18.8. The van der Waals surface area contributed by atoms with Crippen LogP contribution in [0.25, 0.3) is 21.3 Å². The number of rotatable bonds is 9. The number of aromatic nitrogens is 3. The third-order valence-corrected chi connectivity index (χ3v) is 8.43. The van der Waals surface area contributed by atoms with Crippen LogP contribution >= 0.6 is 11.3 Å². The summed E-state index contributed by atoms with van der Waals surface area (Å²) < 4.78 is 6.56. The number of hydrogen-bond acceptors (Lipinski definition) is 7. The van der Waals surface area contributed by atoms with Crippen molar-refractivity contribution in [3.63, 3.8) is 0 Å². The Hall–Kier alpha value is -2.87. The number of methoxy groups -OCH3 is 1. The average molecular weight is 502 g/mol. The smallest absolute Gasteiger partial charge is 0.0938 e. The summed E-state index contributed by atoms with van der Waals surface area (Å²) in [7, 11) is 1.77. The fourth-order valence-electron chi connectivity index (χ4n) is 5.11. The normalized spacial score (nSPS) is 16.6. The number of thiazole rings is 1. The molecule has 0 aliphatic carbocycles.